The number of rotatable bonds is 6. The van der Waals surface area contributed by atoms with Gasteiger partial charge in [-0.1, -0.05) is 44.2 Å². The Bertz CT molecular complexity index is 1270. The van der Waals surface area contributed by atoms with Gasteiger partial charge in [0.05, 0.1) is 30.7 Å². The molecule has 194 valence electrons. The van der Waals surface area contributed by atoms with E-state index >= 15 is 0 Å². The second-order valence-corrected chi connectivity index (χ2v) is 11.8. The standard InChI is InChI=1S/C30H36N4O3/c1-17(2)30(3)16-26(35)34(29(31)33-30)27(23-15-20-14-22(20)23)18-7-6-8-19(13-18)28(36)32-24-11-12-37-25-10-5-4-9-21(24)25/h4-10,13,17,20,22-24,27H,11-12,14-16H2,1-3H3,(H2,31,33)(H,32,36)/t20?,22?,23-,24?,27?,30+/m1/s1. The van der Waals surface area contributed by atoms with Crippen LogP contribution in [0.1, 0.15) is 80.0 Å². The molecule has 0 bridgehead atoms. The van der Waals surface area contributed by atoms with E-state index < -0.39 is 5.54 Å². The van der Waals surface area contributed by atoms with Crippen molar-refractivity contribution in [2.75, 3.05) is 6.61 Å². The average molecular weight is 501 g/mol. The molecule has 4 aliphatic rings. The van der Waals surface area contributed by atoms with Gasteiger partial charge in [-0.3, -0.25) is 14.5 Å². The molecule has 0 radical (unpaired) electrons. The van der Waals surface area contributed by atoms with E-state index in [1.165, 1.54) is 6.42 Å². The summed E-state index contributed by atoms with van der Waals surface area (Å²) in [4.78, 5) is 33.6. The van der Waals surface area contributed by atoms with Crippen LogP contribution in [0.3, 0.4) is 0 Å². The van der Waals surface area contributed by atoms with E-state index in [0.717, 1.165) is 35.6 Å². The Labute approximate surface area is 218 Å². The number of carbonyl (C=O) groups is 2. The van der Waals surface area contributed by atoms with Crippen LogP contribution < -0.4 is 15.8 Å². The Morgan fingerprint density at radius 3 is 2.70 bits per heavy atom. The van der Waals surface area contributed by atoms with Crippen LogP contribution in [0.25, 0.3) is 0 Å². The van der Waals surface area contributed by atoms with E-state index in [0.29, 0.717) is 36.4 Å². The molecule has 2 aromatic rings. The number of para-hydroxylation sites is 1. The molecular formula is C30H36N4O3. The van der Waals surface area contributed by atoms with Gasteiger partial charge in [-0.15, -0.1) is 0 Å². The van der Waals surface area contributed by atoms with Crippen LogP contribution in [0.4, 0.5) is 0 Å². The molecule has 0 saturated heterocycles. The minimum atomic E-state index is -0.494. The molecule has 7 nitrogen and oxygen atoms in total. The minimum Gasteiger partial charge on any atom is -0.493 e. The molecule has 0 spiro atoms. The van der Waals surface area contributed by atoms with Gasteiger partial charge < -0.3 is 15.8 Å². The molecule has 2 aliphatic carbocycles. The Morgan fingerprint density at radius 2 is 2.00 bits per heavy atom. The Morgan fingerprint density at radius 1 is 1.19 bits per heavy atom. The lowest BCUT2D eigenvalue weighted by molar-refractivity contribution is -0.133. The molecule has 2 saturated carbocycles. The minimum absolute atomic E-state index is 0.0199. The third-order valence-corrected chi connectivity index (χ3v) is 9.18. The lowest BCUT2D eigenvalue weighted by atomic mass is 9.75. The number of nitrogens with one attached hydrogen (secondary N) is 1. The number of guanidine groups is 1. The fourth-order valence-electron chi connectivity index (χ4n) is 6.45. The molecule has 2 fully saturated rings. The molecule has 2 amide bonds. The van der Waals surface area contributed by atoms with Crippen LogP contribution in [0, 0.1) is 23.7 Å². The Hall–Kier alpha value is -3.35. The van der Waals surface area contributed by atoms with Crippen LogP contribution >= 0.6 is 0 Å². The summed E-state index contributed by atoms with van der Waals surface area (Å²) in [6, 6.07) is 15.3. The van der Waals surface area contributed by atoms with E-state index in [1.807, 2.05) is 55.5 Å². The Balaban J connectivity index is 1.29. The maximum absolute atomic E-state index is 13.6. The van der Waals surface area contributed by atoms with Gasteiger partial charge in [-0.25, -0.2) is 4.99 Å². The highest BCUT2D eigenvalue weighted by Gasteiger charge is 2.58. The monoisotopic (exact) mass is 500 g/mol. The van der Waals surface area contributed by atoms with Crippen LogP contribution in [-0.2, 0) is 4.79 Å². The van der Waals surface area contributed by atoms with Crippen LogP contribution in [0.15, 0.2) is 53.5 Å². The molecule has 6 rings (SSSR count). The van der Waals surface area contributed by atoms with Gasteiger partial charge in [0.2, 0.25) is 5.91 Å². The first-order valence-corrected chi connectivity index (χ1v) is 13.5. The molecule has 2 heterocycles. The highest BCUT2D eigenvalue weighted by Crippen LogP contribution is 2.64. The van der Waals surface area contributed by atoms with Gasteiger partial charge in [0.1, 0.15) is 5.75 Å². The lowest BCUT2D eigenvalue weighted by Crippen LogP contribution is -2.55. The number of amides is 2. The van der Waals surface area contributed by atoms with Gasteiger partial charge in [-0.05, 0) is 67.2 Å². The van der Waals surface area contributed by atoms with E-state index in [-0.39, 0.29) is 29.8 Å². The van der Waals surface area contributed by atoms with Crippen molar-refractivity contribution in [1.29, 1.82) is 0 Å². The molecule has 2 aromatic carbocycles. The van der Waals surface area contributed by atoms with Gasteiger partial charge in [0, 0.05) is 17.5 Å². The summed E-state index contributed by atoms with van der Waals surface area (Å²) in [6.45, 7) is 6.74. The number of hydrogen-bond donors (Lipinski definition) is 2. The number of hydrogen-bond acceptors (Lipinski definition) is 5. The molecule has 4 unspecified atom stereocenters. The number of aliphatic imine (C=N–C) groups is 1. The average Bonchev–Trinajstić information content (AvgIpc) is 3.52. The normalized spacial score (nSPS) is 30.9. The summed E-state index contributed by atoms with van der Waals surface area (Å²) in [5, 5.41) is 3.20. The smallest absolute Gasteiger partial charge is 0.251 e. The van der Waals surface area contributed by atoms with Gasteiger partial charge >= 0.3 is 0 Å². The number of ether oxygens (including phenoxy) is 1. The second-order valence-electron chi connectivity index (χ2n) is 11.8. The summed E-state index contributed by atoms with van der Waals surface area (Å²) in [5.41, 5.74) is 8.58. The first kappa shape index (κ1) is 24.0. The summed E-state index contributed by atoms with van der Waals surface area (Å²) in [6.07, 6.45) is 3.36. The third kappa shape index (κ3) is 4.18. The van der Waals surface area contributed by atoms with Crippen molar-refractivity contribution in [2.24, 2.45) is 34.4 Å². The predicted molar refractivity (Wildman–Crippen MR) is 142 cm³/mol. The summed E-state index contributed by atoms with van der Waals surface area (Å²) >= 11 is 0. The molecule has 7 heteroatoms. The fraction of sp³-hybridized carbons (Fsp3) is 0.500. The first-order valence-electron chi connectivity index (χ1n) is 13.5. The van der Waals surface area contributed by atoms with Crippen molar-refractivity contribution in [2.45, 2.75) is 64.1 Å². The molecule has 3 N–H and O–H groups in total. The molecule has 0 aromatic heterocycles. The number of fused-ring (bicyclic) bond motifs is 2. The predicted octanol–water partition coefficient (Wildman–Crippen LogP) is 4.60. The SMILES string of the molecule is CC(C)[C@]1(C)CC(=O)N(C(c2cccc(C(=O)NC3CCOc4ccccc43)c2)[C@@H]2CC3CC32)C(N)=N1. The second kappa shape index (κ2) is 8.89. The first-order chi connectivity index (χ1) is 17.7. The number of nitrogens with two attached hydrogens (primary N) is 1. The van der Waals surface area contributed by atoms with E-state index in [1.54, 1.807) is 4.90 Å². The van der Waals surface area contributed by atoms with Gasteiger partial charge in [-0.2, -0.15) is 0 Å². The highest BCUT2D eigenvalue weighted by atomic mass is 16.5. The van der Waals surface area contributed by atoms with Crippen molar-refractivity contribution in [3.63, 3.8) is 0 Å². The third-order valence-electron chi connectivity index (χ3n) is 9.18. The number of benzene rings is 2. The van der Waals surface area contributed by atoms with Gasteiger partial charge in [0.15, 0.2) is 5.96 Å². The van der Waals surface area contributed by atoms with E-state index in [4.69, 9.17) is 15.5 Å². The Kier molecular flexibility index (Phi) is 5.77. The number of nitrogens with zero attached hydrogens (tertiary/aromatic N) is 2. The summed E-state index contributed by atoms with van der Waals surface area (Å²) in [5.74, 6) is 2.96. The number of carbonyl (C=O) groups excluding carboxylic acids is 2. The zero-order valence-electron chi connectivity index (χ0n) is 21.8. The van der Waals surface area contributed by atoms with E-state index in [2.05, 4.69) is 19.2 Å². The largest absolute Gasteiger partial charge is 0.493 e. The fourth-order valence-corrected chi connectivity index (χ4v) is 6.45. The summed E-state index contributed by atoms with van der Waals surface area (Å²) < 4.78 is 5.76. The van der Waals surface area contributed by atoms with Crippen molar-refractivity contribution in [3.8, 4) is 5.75 Å². The van der Waals surface area contributed by atoms with Crippen molar-refractivity contribution >= 4 is 17.8 Å². The van der Waals surface area contributed by atoms with Crippen molar-refractivity contribution in [3.05, 3.63) is 65.2 Å². The maximum Gasteiger partial charge on any atom is 0.251 e. The van der Waals surface area contributed by atoms with Crippen LogP contribution in [-0.4, -0.2) is 34.8 Å². The summed E-state index contributed by atoms with van der Waals surface area (Å²) in [7, 11) is 0. The highest BCUT2D eigenvalue weighted by molar-refractivity contribution is 6.00. The van der Waals surface area contributed by atoms with E-state index in [9.17, 15) is 9.59 Å². The lowest BCUT2D eigenvalue weighted by Gasteiger charge is -2.45. The molecular weight excluding hydrogens is 464 g/mol. The zero-order valence-corrected chi connectivity index (χ0v) is 21.8. The quantitative estimate of drug-likeness (QED) is 0.606. The molecule has 2 aliphatic heterocycles. The van der Waals surface area contributed by atoms with Crippen molar-refractivity contribution < 1.29 is 14.3 Å². The zero-order chi connectivity index (χ0) is 25.9. The van der Waals surface area contributed by atoms with Gasteiger partial charge in [0.25, 0.3) is 5.91 Å². The maximum atomic E-state index is 13.6. The molecule has 37 heavy (non-hydrogen) atoms. The van der Waals surface area contributed by atoms with Crippen molar-refractivity contribution in [1.82, 2.24) is 10.2 Å². The van der Waals surface area contributed by atoms with Crippen LogP contribution in [0.2, 0.25) is 0 Å². The van der Waals surface area contributed by atoms with Crippen LogP contribution in [0.5, 0.6) is 5.75 Å². The topological polar surface area (TPSA) is 97.0 Å². The molecule has 6 atom stereocenters.